The molecule has 0 saturated carbocycles. The first-order chi connectivity index (χ1) is 10.6. The third kappa shape index (κ3) is 1.89. The smallest absolute Gasteiger partial charge is 0.0843 e. The van der Waals surface area contributed by atoms with Gasteiger partial charge in [0, 0.05) is 5.02 Å². The summed E-state index contributed by atoms with van der Waals surface area (Å²) in [6.07, 6.45) is 0. The third-order valence-electron chi connectivity index (χ3n) is 4.76. The third-order valence-corrected chi connectivity index (χ3v) is 8.56. The summed E-state index contributed by atoms with van der Waals surface area (Å²) >= 11 is 6.05. The Bertz CT molecular complexity index is 863. The van der Waals surface area contributed by atoms with Crippen molar-refractivity contribution in [3.63, 3.8) is 0 Å². The van der Waals surface area contributed by atoms with Crippen molar-refractivity contribution in [2.45, 2.75) is 13.1 Å². The van der Waals surface area contributed by atoms with Gasteiger partial charge in [0.15, 0.2) is 0 Å². The highest BCUT2D eigenvalue weighted by Crippen LogP contribution is 2.36. The van der Waals surface area contributed by atoms with Crippen molar-refractivity contribution in [3.05, 3.63) is 71.8 Å². The lowest BCUT2D eigenvalue weighted by molar-refractivity contribution is 1.62. The zero-order valence-corrected chi connectivity index (χ0v) is 14.5. The van der Waals surface area contributed by atoms with E-state index in [1.54, 1.807) is 10.4 Å². The molecule has 108 valence electrons. The van der Waals surface area contributed by atoms with Crippen LogP contribution in [0.15, 0.2) is 66.7 Å². The van der Waals surface area contributed by atoms with Gasteiger partial charge in [0.2, 0.25) is 0 Å². The van der Waals surface area contributed by atoms with E-state index in [9.17, 15) is 0 Å². The molecule has 0 amide bonds. The zero-order valence-electron chi connectivity index (χ0n) is 12.7. The summed E-state index contributed by atoms with van der Waals surface area (Å²) in [6, 6.07) is 23.8. The molecule has 4 rings (SSSR count). The molecular weight excluding hydrogens is 304 g/mol. The minimum absolute atomic E-state index is 0.784. The second-order valence-electron chi connectivity index (χ2n) is 6.41. The van der Waals surface area contributed by atoms with Gasteiger partial charge >= 0.3 is 0 Å². The normalized spacial score (nSPS) is 14.5. The molecule has 0 saturated heterocycles. The second-order valence-corrected chi connectivity index (χ2v) is 11.2. The van der Waals surface area contributed by atoms with E-state index < -0.39 is 8.07 Å². The Morgan fingerprint density at radius 2 is 1.32 bits per heavy atom. The molecule has 0 bridgehead atoms. The maximum absolute atomic E-state index is 6.05. The van der Waals surface area contributed by atoms with Gasteiger partial charge in [0.25, 0.3) is 0 Å². The molecule has 0 radical (unpaired) electrons. The Labute approximate surface area is 137 Å². The average molecular weight is 321 g/mol. The molecule has 1 heterocycles. The Kier molecular flexibility index (Phi) is 3.03. The summed E-state index contributed by atoms with van der Waals surface area (Å²) in [4.78, 5) is 0. The van der Waals surface area contributed by atoms with Crippen LogP contribution in [0.3, 0.4) is 0 Å². The summed E-state index contributed by atoms with van der Waals surface area (Å²) < 4.78 is 0. The maximum Gasteiger partial charge on any atom is 0.113 e. The molecular formula is C20H17ClSi. The summed E-state index contributed by atoms with van der Waals surface area (Å²) in [5, 5.41) is 3.87. The molecule has 0 nitrogen and oxygen atoms in total. The molecule has 0 spiro atoms. The quantitative estimate of drug-likeness (QED) is 0.564. The average Bonchev–Trinajstić information content (AvgIpc) is 2.77. The zero-order chi connectivity index (χ0) is 15.3. The lowest BCUT2D eigenvalue weighted by Crippen LogP contribution is -2.49. The molecule has 0 unspecified atom stereocenters. The van der Waals surface area contributed by atoms with Crippen LogP contribution in [0.1, 0.15) is 0 Å². The van der Waals surface area contributed by atoms with Gasteiger partial charge in [-0.15, -0.1) is 0 Å². The Balaban J connectivity index is 2.04. The lowest BCUT2D eigenvalue weighted by atomic mass is 9.95. The minimum atomic E-state index is -1.58. The Morgan fingerprint density at radius 1 is 0.682 bits per heavy atom. The van der Waals surface area contributed by atoms with Crippen LogP contribution in [0.25, 0.3) is 22.3 Å². The van der Waals surface area contributed by atoms with E-state index >= 15 is 0 Å². The van der Waals surface area contributed by atoms with Gasteiger partial charge < -0.3 is 0 Å². The van der Waals surface area contributed by atoms with Crippen molar-refractivity contribution in [1.82, 2.24) is 0 Å². The monoisotopic (exact) mass is 320 g/mol. The highest BCUT2D eigenvalue weighted by molar-refractivity contribution is 7.04. The lowest BCUT2D eigenvalue weighted by Gasteiger charge is -2.19. The summed E-state index contributed by atoms with van der Waals surface area (Å²) in [5.41, 5.74) is 5.40. The first-order valence-electron chi connectivity index (χ1n) is 7.58. The molecule has 3 aromatic rings. The van der Waals surface area contributed by atoms with Gasteiger partial charge in [-0.3, -0.25) is 0 Å². The number of hydrogen-bond acceptors (Lipinski definition) is 0. The van der Waals surface area contributed by atoms with Crippen molar-refractivity contribution < 1.29 is 0 Å². The fourth-order valence-electron chi connectivity index (χ4n) is 3.62. The first-order valence-corrected chi connectivity index (χ1v) is 11.0. The Morgan fingerprint density at radius 3 is 2.09 bits per heavy atom. The van der Waals surface area contributed by atoms with Crippen LogP contribution in [0.5, 0.6) is 0 Å². The van der Waals surface area contributed by atoms with Crippen LogP contribution in [-0.4, -0.2) is 8.07 Å². The van der Waals surface area contributed by atoms with E-state index in [1.807, 2.05) is 12.1 Å². The van der Waals surface area contributed by atoms with E-state index in [0.29, 0.717) is 0 Å². The van der Waals surface area contributed by atoms with Crippen molar-refractivity contribution in [3.8, 4) is 22.3 Å². The molecule has 2 heteroatoms. The Hall–Kier alpha value is -1.83. The number of halogens is 1. The largest absolute Gasteiger partial charge is 0.113 e. The number of benzene rings is 3. The molecule has 1 aliphatic rings. The van der Waals surface area contributed by atoms with E-state index in [-0.39, 0.29) is 0 Å². The van der Waals surface area contributed by atoms with Crippen LogP contribution in [0.4, 0.5) is 0 Å². The standard InChI is InChI=1S/C20H17ClSi/c1-22(2)18-8-4-3-6-17(18)20-16(7-5-9-19(20)22)14-10-12-15(21)13-11-14/h3-13H,1-2H3. The van der Waals surface area contributed by atoms with Gasteiger partial charge in [0.05, 0.1) is 0 Å². The predicted octanol–water partition coefficient (Wildman–Crippen LogP) is 4.81. The van der Waals surface area contributed by atoms with Gasteiger partial charge in [0.1, 0.15) is 8.07 Å². The van der Waals surface area contributed by atoms with Crippen LogP contribution in [0.2, 0.25) is 18.1 Å². The van der Waals surface area contributed by atoms with Gasteiger partial charge in [-0.25, -0.2) is 0 Å². The molecule has 0 aromatic heterocycles. The molecule has 1 aliphatic heterocycles. The first kappa shape index (κ1) is 13.8. The number of hydrogen-bond donors (Lipinski definition) is 0. The van der Waals surface area contributed by atoms with Crippen LogP contribution >= 0.6 is 11.6 Å². The van der Waals surface area contributed by atoms with Crippen molar-refractivity contribution in [1.29, 1.82) is 0 Å². The van der Waals surface area contributed by atoms with Crippen LogP contribution in [0, 0.1) is 0 Å². The molecule has 0 fully saturated rings. The molecule has 22 heavy (non-hydrogen) atoms. The highest BCUT2D eigenvalue weighted by Gasteiger charge is 2.38. The van der Waals surface area contributed by atoms with Gasteiger partial charge in [-0.1, -0.05) is 79.3 Å². The van der Waals surface area contributed by atoms with Gasteiger partial charge in [-0.2, -0.15) is 0 Å². The van der Waals surface area contributed by atoms with Crippen LogP contribution in [-0.2, 0) is 0 Å². The highest BCUT2D eigenvalue weighted by atomic mass is 35.5. The topological polar surface area (TPSA) is 0 Å². The van der Waals surface area contributed by atoms with Crippen molar-refractivity contribution >= 4 is 30.0 Å². The molecule has 3 aromatic carbocycles. The summed E-state index contributed by atoms with van der Waals surface area (Å²) in [5.74, 6) is 0. The summed E-state index contributed by atoms with van der Waals surface area (Å²) in [6.45, 7) is 4.90. The molecule has 0 atom stereocenters. The van der Waals surface area contributed by atoms with Crippen molar-refractivity contribution in [2.24, 2.45) is 0 Å². The summed E-state index contributed by atoms with van der Waals surface area (Å²) in [7, 11) is -1.58. The molecule has 0 N–H and O–H groups in total. The van der Waals surface area contributed by atoms with E-state index in [1.165, 1.54) is 22.3 Å². The second kappa shape index (κ2) is 4.84. The predicted molar refractivity (Wildman–Crippen MR) is 99.1 cm³/mol. The number of rotatable bonds is 1. The van der Waals surface area contributed by atoms with E-state index in [0.717, 1.165) is 5.02 Å². The SMILES string of the molecule is C[Si]1(C)c2ccccc2-c2c(-c3ccc(Cl)cc3)cccc21. The fourth-order valence-corrected chi connectivity index (χ4v) is 6.84. The van der Waals surface area contributed by atoms with Gasteiger partial charge in [-0.05, 0) is 44.8 Å². The molecule has 0 aliphatic carbocycles. The maximum atomic E-state index is 6.05. The van der Waals surface area contributed by atoms with E-state index in [2.05, 4.69) is 67.7 Å². The number of fused-ring (bicyclic) bond motifs is 3. The fraction of sp³-hybridized carbons (Fsp3) is 0.100. The van der Waals surface area contributed by atoms with E-state index in [4.69, 9.17) is 11.6 Å². The van der Waals surface area contributed by atoms with Crippen LogP contribution < -0.4 is 10.4 Å². The van der Waals surface area contributed by atoms with Crippen molar-refractivity contribution in [2.75, 3.05) is 0 Å². The minimum Gasteiger partial charge on any atom is -0.0843 e.